The summed E-state index contributed by atoms with van der Waals surface area (Å²) in [6, 6.07) is 15.0. The zero-order valence-corrected chi connectivity index (χ0v) is 18.3. The van der Waals surface area contributed by atoms with Crippen molar-refractivity contribution in [3.63, 3.8) is 0 Å². The highest BCUT2D eigenvalue weighted by Gasteiger charge is 2.27. The summed E-state index contributed by atoms with van der Waals surface area (Å²) in [6.07, 6.45) is 2.28. The first kappa shape index (κ1) is 21.5. The second-order valence-corrected chi connectivity index (χ2v) is 7.95. The molecular weight excluding hydrogens is 434 g/mol. The Morgan fingerprint density at radius 3 is 2.74 bits per heavy atom. The maximum atomic E-state index is 13.0. The van der Waals surface area contributed by atoms with E-state index in [0.29, 0.717) is 23.6 Å². The van der Waals surface area contributed by atoms with Gasteiger partial charge in [-0.05, 0) is 29.7 Å². The first-order valence-electron chi connectivity index (χ1n) is 10.8. The fourth-order valence-electron chi connectivity index (χ4n) is 4.01. The summed E-state index contributed by atoms with van der Waals surface area (Å²) in [5, 5.41) is 22.1. The van der Waals surface area contributed by atoms with E-state index < -0.39 is 5.91 Å². The van der Waals surface area contributed by atoms with Crippen LogP contribution in [0.25, 0.3) is 0 Å². The number of phenols is 1. The molecule has 2 aromatic carbocycles. The van der Waals surface area contributed by atoms with Gasteiger partial charge in [-0.3, -0.25) is 9.69 Å². The number of amides is 1. The number of nitrogens with two attached hydrogens (primary N) is 1. The van der Waals surface area contributed by atoms with Crippen LogP contribution in [-0.2, 0) is 19.5 Å². The van der Waals surface area contributed by atoms with Gasteiger partial charge >= 0.3 is 0 Å². The fraction of sp³-hybridized carbons (Fsp3) is 0.217. The number of aromatic nitrogens is 3. The van der Waals surface area contributed by atoms with Crippen LogP contribution in [0.15, 0.2) is 63.6 Å². The Bertz CT molecular complexity index is 1330. The molecule has 0 spiro atoms. The van der Waals surface area contributed by atoms with Gasteiger partial charge in [-0.2, -0.15) is 9.78 Å². The third-order valence-corrected chi connectivity index (χ3v) is 5.76. The summed E-state index contributed by atoms with van der Waals surface area (Å²) >= 11 is 0. The van der Waals surface area contributed by atoms with E-state index >= 15 is 0 Å². The molecule has 1 aromatic heterocycles. The molecule has 0 radical (unpaired) electrons. The number of nitrogens with zero attached hydrogens (tertiary/aromatic N) is 7. The first-order chi connectivity index (χ1) is 16.6. The number of benzene rings is 2. The van der Waals surface area contributed by atoms with E-state index in [4.69, 9.17) is 5.73 Å². The minimum Gasteiger partial charge on any atom is -0.507 e. The number of amidine groups is 1. The minimum absolute atomic E-state index is 0.0616. The molecule has 5 rings (SSSR count). The number of para-hydroxylation sites is 1. The Kier molecular flexibility index (Phi) is 5.83. The first-order valence-corrected chi connectivity index (χ1v) is 10.8. The largest absolute Gasteiger partial charge is 0.507 e. The minimum atomic E-state index is -0.528. The van der Waals surface area contributed by atoms with E-state index in [-0.39, 0.29) is 23.9 Å². The van der Waals surface area contributed by atoms with Crippen molar-refractivity contribution in [3.05, 3.63) is 76.6 Å². The highest BCUT2D eigenvalue weighted by molar-refractivity contribution is 6.41. The van der Waals surface area contributed by atoms with Crippen molar-refractivity contribution in [2.45, 2.75) is 19.5 Å². The van der Waals surface area contributed by atoms with Crippen molar-refractivity contribution >= 4 is 23.8 Å². The van der Waals surface area contributed by atoms with Crippen molar-refractivity contribution < 1.29 is 9.90 Å². The average Bonchev–Trinajstić information content (AvgIpc) is 3.45. The van der Waals surface area contributed by atoms with E-state index in [0.717, 1.165) is 19.5 Å². The van der Waals surface area contributed by atoms with Crippen molar-refractivity contribution in [2.24, 2.45) is 20.8 Å². The zero-order chi connectivity index (χ0) is 23.5. The van der Waals surface area contributed by atoms with Crippen LogP contribution in [0.2, 0.25) is 0 Å². The number of carbonyl (C=O) groups is 1. The maximum absolute atomic E-state index is 13.0. The van der Waals surface area contributed by atoms with Crippen LogP contribution in [0.5, 0.6) is 5.75 Å². The number of phenolic OH excluding ortho intramolecular Hbond substituents is 1. The standard InChI is InChI=1S/C23H23N9O2/c24-21-22(26-14-25-21)32-18(13-31-10-9-15-5-1-2-7-17(15)12-31)20(28-30-32)23(34)29-27-11-16-6-3-4-8-19(16)33/h1-8,11,33H,9-10,12-14H2,(H2,24,25)(H,29,34)/b27-11+. The van der Waals surface area contributed by atoms with Crippen LogP contribution in [-0.4, -0.2) is 62.0 Å². The number of carbonyl (C=O) groups excluding carboxylic acids is 1. The van der Waals surface area contributed by atoms with Gasteiger partial charge in [0.05, 0.1) is 11.9 Å². The highest BCUT2D eigenvalue weighted by Crippen LogP contribution is 2.21. The van der Waals surface area contributed by atoms with Gasteiger partial charge in [0.1, 0.15) is 12.4 Å². The Labute approximate surface area is 195 Å². The van der Waals surface area contributed by atoms with E-state index in [1.165, 1.54) is 28.1 Å². The third-order valence-electron chi connectivity index (χ3n) is 5.76. The monoisotopic (exact) mass is 457 g/mol. The molecule has 1 amide bonds. The van der Waals surface area contributed by atoms with E-state index in [1.54, 1.807) is 18.2 Å². The molecule has 172 valence electrons. The molecule has 3 heterocycles. The molecule has 3 aromatic rings. The lowest BCUT2D eigenvalue weighted by molar-refractivity contribution is 0.0947. The lowest BCUT2D eigenvalue weighted by Crippen LogP contribution is -2.35. The third kappa shape index (κ3) is 4.28. The number of hydrogen-bond donors (Lipinski definition) is 3. The van der Waals surface area contributed by atoms with E-state index in [1.807, 2.05) is 12.1 Å². The molecule has 0 atom stereocenters. The molecule has 2 aliphatic rings. The van der Waals surface area contributed by atoms with Crippen molar-refractivity contribution in [1.29, 1.82) is 0 Å². The van der Waals surface area contributed by atoms with Crippen LogP contribution in [0.1, 0.15) is 32.9 Å². The second kappa shape index (κ2) is 9.24. The van der Waals surface area contributed by atoms with Crippen LogP contribution in [0.3, 0.4) is 0 Å². The maximum Gasteiger partial charge on any atom is 0.293 e. The number of aromatic hydroxyl groups is 1. The van der Waals surface area contributed by atoms with Crippen LogP contribution in [0, 0.1) is 0 Å². The lowest BCUT2D eigenvalue weighted by Gasteiger charge is -2.28. The van der Waals surface area contributed by atoms with Crippen LogP contribution >= 0.6 is 0 Å². The van der Waals surface area contributed by atoms with Gasteiger partial charge in [0.15, 0.2) is 17.4 Å². The number of hydrogen-bond acceptors (Lipinski definition) is 9. The van der Waals surface area contributed by atoms with Gasteiger partial charge in [0, 0.05) is 25.2 Å². The summed E-state index contributed by atoms with van der Waals surface area (Å²) in [6.45, 7) is 2.19. The Balaban J connectivity index is 1.40. The average molecular weight is 457 g/mol. The quantitative estimate of drug-likeness (QED) is 0.383. The Morgan fingerprint density at radius 2 is 1.94 bits per heavy atom. The number of hydrazone groups is 1. The molecule has 0 saturated heterocycles. The van der Waals surface area contributed by atoms with Crippen LogP contribution in [0.4, 0.5) is 0 Å². The van der Waals surface area contributed by atoms with E-state index in [2.05, 4.69) is 47.9 Å². The van der Waals surface area contributed by atoms with Gasteiger partial charge in [-0.25, -0.2) is 15.4 Å². The topological polar surface area (TPSA) is 146 Å². The van der Waals surface area contributed by atoms with Gasteiger partial charge < -0.3 is 10.8 Å². The van der Waals surface area contributed by atoms with Crippen molar-refractivity contribution in [1.82, 2.24) is 25.3 Å². The SMILES string of the molecule is NC1=NCN=C1n1nnc(C(=O)N/N=C/c2ccccc2O)c1CN1CCc2ccccc2C1. The smallest absolute Gasteiger partial charge is 0.293 e. The number of aliphatic imine (C=N–C) groups is 2. The Morgan fingerprint density at radius 1 is 1.15 bits per heavy atom. The summed E-state index contributed by atoms with van der Waals surface area (Å²) in [4.78, 5) is 23.6. The summed E-state index contributed by atoms with van der Waals surface area (Å²) in [5.41, 5.74) is 12.2. The molecule has 2 aliphatic heterocycles. The highest BCUT2D eigenvalue weighted by atomic mass is 16.3. The van der Waals surface area contributed by atoms with Crippen molar-refractivity contribution in [2.75, 3.05) is 13.2 Å². The van der Waals surface area contributed by atoms with Gasteiger partial charge in [0.25, 0.3) is 5.91 Å². The summed E-state index contributed by atoms with van der Waals surface area (Å²) in [7, 11) is 0. The van der Waals surface area contributed by atoms with E-state index in [9.17, 15) is 9.90 Å². The Hall–Kier alpha value is -4.38. The molecule has 0 unspecified atom stereocenters. The summed E-state index contributed by atoms with van der Waals surface area (Å²) in [5.74, 6) is 0.155. The zero-order valence-electron chi connectivity index (χ0n) is 18.3. The molecule has 0 aliphatic carbocycles. The molecule has 34 heavy (non-hydrogen) atoms. The lowest BCUT2D eigenvalue weighted by atomic mass is 10.00. The molecule has 11 heteroatoms. The predicted octanol–water partition coefficient (Wildman–Crippen LogP) is 0.881. The molecule has 11 nitrogen and oxygen atoms in total. The number of fused-ring (bicyclic) bond motifs is 1. The fourth-order valence-corrected chi connectivity index (χ4v) is 4.01. The van der Waals surface area contributed by atoms with Gasteiger partial charge in [-0.15, -0.1) is 5.10 Å². The second-order valence-electron chi connectivity index (χ2n) is 7.95. The molecule has 0 fully saturated rings. The van der Waals surface area contributed by atoms with Crippen LogP contribution < -0.4 is 11.2 Å². The predicted molar refractivity (Wildman–Crippen MR) is 127 cm³/mol. The van der Waals surface area contributed by atoms with Crippen molar-refractivity contribution in [3.8, 4) is 5.75 Å². The molecule has 0 bridgehead atoms. The normalized spacial score (nSPS) is 15.8. The van der Waals surface area contributed by atoms with Gasteiger partial charge in [-0.1, -0.05) is 41.6 Å². The number of rotatable bonds is 5. The molecule has 0 saturated carbocycles. The molecule has 4 N–H and O–H groups in total. The van der Waals surface area contributed by atoms with Gasteiger partial charge in [0.2, 0.25) is 0 Å². The molecular formula is C23H23N9O2. The number of nitrogens with one attached hydrogen (secondary N) is 1. The summed E-state index contributed by atoms with van der Waals surface area (Å²) < 4.78 is 1.48.